The molecule has 62 heavy (non-hydrogen) atoms. The lowest BCUT2D eigenvalue weighted by atomic mass is 9.99. The summed E-state index contributed by atoms with van der Waals surface area (Å²) in [6.45, 7) is 4.48. The van der Waals surface area contributed by atoms with Gasteiger partial charge in [0.2, 0.25) is 0 Å². The molecular weight excluding hydrogens is 994 g/mol. The summed E-state index contributed by atoms with van der Waals surface area (Å²) in [6.07, 6.45) is 5.77. The Morgan fingerprint density at radius 1 is 0.306 bits per heavy atom. The van der Waals surface area contributed by atoms with Crippen molar-refractivity contribution in [3.63, 3.8) is 0 Å². The number of hydrogen-bond donors (Lipinski definition) is 0. The van der Waals surface area contributed by atoms with Crippen LogP contribution in [0.4, 0.5) is 0 Å². The largest absolute Gasteiger partial charge is 0.756 e. The van der Waals surface area contributed by atoms with Crippen molar-refractivity contribution in [3.8, 4) is 0 Å². The van der Waals surface area contributed by atoms with Gasteiger partial charge in [0.1, 0.15) is 0 Å². The van der Waals surface area contributed by atoms with Crippen molar-refractivity contribution in [3.05, 3.63) is 0 Å². The minimum Gasteiger partial charge on any atom is -0.756 e. The first-order valence-corrected chi connectivity index (χ1v) is 30.5. The van der Waals surface area contributed by atoms with Crippen LogP contribution in [-0.2, 0) is 81.7 Å². The second-order valence-corrected chi connectivity index (χ2v) is 26.3. The van der Waals surface area contributed by atoms with Crippen molar-refractivity contribution in [2.75, 3.05) is 90.8 Å². The lowest BCUT2D eigenvalue weighted by Gasteiger charge is -2.28. The molecule has 0 aromatic carbocycles. The van der Waals surface area contributed by atoms with E-state index in [2.05, 4.69) is 45.2 Å². The van der Waals surface area contributed by atoms with Crippen LogP contribution in [0.1, 0.15) is 92.9 Å². The molecule has 0 aliphatic carbocycles. The van der Waals surface area contributed by atoms with E-state index in [4.69, 9.17) is 9.05 Å². The SMILES string of the molecule is CC(C)(C)COP(=O)([O-])OCCOP(=O)([O-])OCCOP(=O)([O-])OCCCCCCSSCCCCCCOP(=O)([O-])OCCOP(=O)([O-])OCCOP(=O)([O-])OCC(C)(C)C. The van der Waals surface area contributed by atoms with Gasteiger partial charge in [-0.1, -0.05) is 88.8 Å². The molecule has 0 aromatic heterocycles. The molecule has 0 spiro atoms. The number of hydrogen-bond acceptors (Lipinski definition) is 26. The van der Waals surface area contributed by atoms with Gasteiger partial charge in [-0.2, -0.15) is 0 Å². The third kappa shape index (κ3) is 42.7. The van der Waals surface area contributed by atoms with Crippen LogP contribution >= 0.6 is 68.5 Å². The molecule has 6 atom stereocenters. The highest BCUT2D eigenvalue weighted by Gasteiger charge is 2.20. The molecule has 0 fully saturated rings. The Kier molecular flexibility index (Phi) is 32.9. The van der Waals surface area contributed by atoms with E-state index in [1.165, 1.54) is 0 Å². The Hall–Kier alpha value is 1.36. The summed E-state index contributed by atoms with van der Waals surface area (Å²) in [4.78, 5) is 70.6. The van der Waals surface area contributed by atoms with Gasteiger partial charge >= 0.3 is 0 Å². The molecule has 0 saturated heterocycles. The number of rotatable bonds is 41. The van der Waals surface area contributed by atoms with E-state index >= 15 is 0 Å². The van der Waals surface area contributed by atoms with Gasteiger partial charge in [0.15, 0.2) is 0 Å². The summed E-state index contributed by atoms with van der Waals surface area (Å²) in [6, 6.07) is 0. The quantitative estimate of drug-likeness (QED) is 0.0459. The standard InChI is InChI=1S/C30H68O24P6S2/c1-29(2,3)27-53-59(39,40)51-23-21-49-57(35,36)47-19-17-45-55(31,32)43-15-11-7-9-13-25-61-62-26-14-10-8-12-16-44-56(33,34)46-18-20-48-58(37,38)50-22-24-52-60(41,42)54-28-30(4,5)6/h7-28H2,1-6H3,(H,31,32)(H,33,34)(H,35,36)(H,37,38)(H,39,40)(H,41,42)/p-6. The van der Waals surface area contributed by atoms with Crippen LogP contribution in [0.5, 0.6) is 0 Å². The van der Waals surface area contributed by atoms with Gasteiger partial charge in [0.25, 0.3) is 46.9 Å². The number of phosphoric ester groups is 6. The zero-order valence-electron chi connectivity index (χ0n) is 35.9. The maximum atomic E-state index is 11.9. The summed E-state index contributed by atoms with van der Waals surface area (Å²) < 4.78 is 125. The predicted molar refractivity (Wildman–Crippen MR) is 218 cm³/mol. The topological polar surface area (TPSA) is 352 Å². The summed E-state index contributed by atoms with van der Waals surface area (Å²) in [5.74, 6) is 1.76. The molecule has 24 nitrogen and oxygen atoms in total. The van der Waals surface area contributed by atoms with Crippen molar-refractivity contribution in [2.45, 2.75) is 92.9 Å². The van der Waals surface area contributed by atoms with Gasteiger partial charge in [-0.25, -0.2) is 0 Å². The van der Waals surface area contributed by atoms with Crippen molar-refractivity contribution in [2.24, 2.45) is 10.8 Å². The molecule has 0 rings (SSSR count). The van der Waals surface area contributed by atoms with Gasteiger partial charge in [-0.05, 0) is 36.5 Å². The first kappa shape index (κ1) is 63.4. The molecule has 0 bridgehead atoms. The Morgan fingerprint density at radius 2 is 0.500 bits per heavy atom. The van der Waals surface area contributed by atoms with Crippen LogP contribution in [0.25, 0.3) is 0 Å². The highest BCUT2D eigenvalue weighted by atomic mass is 33.1. The summed E-state index contributed by atoms with van der Waals surface area (Å²) in [5, 5.41) is 0. The van der Waals surface area contributed by atoms with Crippen molar-refractivity contribution >= 4 is 68.5 Å². The van der Waals surface area contributed by atoms with Gasteiger partial charge in [-0.3, -0.25) is 27.4 Å². The van der Waals surface area contributed by atoms with E-state index in [9.17, 15) is 56.8 Å². The van der Waals surface area contributed by atoms with E-state index in [0.717, 1.165) is 37.2 Å². The van der Waals surface area contributed by atoms with Crippen LogP contribution in [0.15, 0.2) is 0 Å². The maximum absolute atomic E-state index is 11.9. The molecule has 0 aromatic rings. The van der Waals surface area contributed by atoms with Crippen molar-refractivity contribution in [1.82, 2.24) is 0 Å². The first-order valence-electron chi connectivity index (χ1n) is 19.3. The molecule has 6 unspecified atom stereocenters. The molecule has 32 heteroatoms. The Balaban J connectivity index is 3.77. The van der Waals surface area contributed by atoms with Gasteiger partial charge < -0.3 is 83.6 Å². The minimum absolute atomic E-state index is 0.121. The zero-order valence-corrected chi connectivity index (χ0v) is 42.9. The van der Waals surface area contributed by atoms with Crippen LogP contribution in [0.2, 0.25) is 0 Å². The highest BCUT2D eigenvalue weighted by Crippen LogP contribution is 2.44. The molecule has 0 aliphatic rings. The van der Waals surface area contributed by atoms with Gasteiger partial charge in [-0.15, -0.1) is 0 Å². The second kappa shape index (κ2) is 32.2. The average molecular weight is 1060 g/mol. The average Bonchev–Trinajstić information content (AvgIpc) is 3.13. The highest BCUT2D eigenvalue weighted by molar-refractivity contribution is 8.76. The Bertz CT molecular complexity index is 1390. The van der Waals surface area contributed by atoms with Crippen LogP contribution < -0.4 is 29.4 Å². The predicted octanol–water partition coefficient (Wildman–Crippen LogP) is 4.59. The number of phosphoric acid groups is 6. The molecular formula is C30H62O24P6S2-6. The van der Waals surface area contributed by atoms with Crippen LogP contribution in [0, 0.1) is 10.8 Å². The van der Waals surface area contributed by atoms with Crippen molar-refractivity contribution < 1.29 is 111 Å². The third-order valence-electron chi connectivity index (χ3n) is 6.47. The minimum atomic E-state index is -4.90. The lowest BCUT2D eigenvalue weighted by Crippen LogP contribution is -2.19. The molecule has 0 N–H and O–H groups in total. The molecule has 0 amide bonds. The van der Waals surface area contributed by atoms with Crippen LogP contribution in [-0.4, -0.2) is 90.8 Å². The molecule has 0 aliphatic heterocycles. The van der Waals surface area contributed by atoms with Crippen molar-refractivity contribution in [1.29, 1.82) is 0 Å². The van der Waals surface area contributed by atoms with Crippen LogP contribution in [0.3, 0.4) is 0 Å². The molecule has 0 saturated carbocycles. The second-order valence-electron chi connectivity index (χ2n) is 15.2. The zero-order chi connectivity index (χ0) is 47.5. The normalized spacial score (nSPS) is 18.6. The van der Waals surface area contributed by atoms with Gasteiger partial charge in [0.05, 0.1) is 79.3 Å². The van der Waals surface area contributed by atoms with E-state index in [-0.39, 0.29) is 26.4 Å². The fraction of sp³-hybridized carbons (Fsp3) is 1.00. The Morgan fingerprint density at radius 3 is 0.726 bits per heavy atom. The third-order valence-corrected chi connectivity index (χ3v) is 14.9. The monoisotopic (exact) mass is 1060 g/mol. The van der Waals surface area contributed by atoms with Gasteiger partial charge in [0, 0.05) is 11.5 Å². The molecule has 0 heterocycles. The molecule has 374 valence electrons. The lowest BCUT2D eigenvalue weighted by molar-refractivity contribution is -0.236. The van der Waals surface area contributed by atoms with E-state index in [0.29, 0.717) is 25.7 Å². The smallest absolute Gasteiger partial charge is 0.268 e. The first-order chi connectivity index (χ1) is 28.4. The maximum Gasteiger partial charge on any atom is 0.268 e. The Labute approximate surface area is 372 Å². The van der Waals surface area contributed by atoms with E-state index in [1.807, 2.05) is 0 Å². The summed E-state index contributed by atoms with van der Waals surface area (Å²) >= 11 is 0. The molecule has 0 radical (unpaired) electrons. The summed E-state index contributed by atoms with van der Waals surface area (Å²) in [5.41, 5.74) is -0.899. The number of unbranched alkanes of at least 4 members (excludes halogenated alkanes) is 6. The summed E-state index contributed by atoms with van der Waals surface area (Å²) in [7, 11) is -25.1. The fourth-order valence-corrected chi connectivity index (χ4v) is 10.6. The van der Waals surface area contributed by atoms with E-state index < -0.39 is 111 Å². The van der Waals surface area contributed by atoms with E-state index in [1.54, 1.807) is 63.1 Å². The fourth-order valence-electron chi connectivity index (χ4n) is 3.67.